The number of likely N-dealkylation sites (tertiary alicyclic amines) is 1. The molecule has 208 valence electrons. The second-order valence-corrected chi connectivity index (χ2v) is 12.3. The molecule has 3 aliphatic heterocycles. The Bertz CT molecular complexity index is 1030. The lowest BCUT2D eigenvalue weighted by atomic mass is 9.80. The lowest BCUT2D eigenvalue weighted by Crippen LogP contribution is -2.57. The van der Waals surface area contributed by atoms with Crippen LogP contribution in [0.1, 0.15) is 63.7 Å². The van der Waals surface area contributed by atoms with Gasteiger partial charge in [-0.15, -0.1) is 0 Å². The molecule has 1 saturated carbocycles. The van der Waals surface area contributed by atoms with E-state index in [0.29, 0.717) is 24.4 Å². The van der Waals surface area contributed by atoms with Gasteiger partial charge in [0, 0.05) is 49.9 Å². The molecule has 4 atom stereocenters. The zero-order valence-corrected chi connectivity index (χ0v) is 23.4. The quantitative estimate of drug-likeness (QED) is 0.535. The van der Waals surface area contributed by atoms with Crippen LogP contribution in [0.2, 0.25) is 0 Å². The molecule has 8 heteroatoms. The molecule has 1 aromatic carbocycles. The molecule has 1 aliphatic carbocycles. The molecule has 4 fully saturated rings. The summed E-state index contributed by atoms with van der Waals surface area (Å²) in [5, 5.41) is 3.07. The molecule has 0 aromatic heterocycles. The molecule has 0 radical (unpaired) electrons. The molecule has 3 heterocycles. The molecular weight excluding hydrogens is 480 g/mol. The van der Waals surface area contributed by atoms with Crippen LogP contribution in [0.4, 0.5) is 5.69 Å². The summed E-state index contributed by atoms with van der Waals surface area (Å²) >= 11 is 0. The van der Waals surface area contributed by atoms with Gasteiger partial charge in [-0.3, -0.25) is 19.3 Å². The molecule has 0 spiro atoms. The third kappa shape index (κ3) is 5.34. The SMILES string of the molecule is CCCN1CCN(c2ccc(C(=O)NC(C(=O)N3C[C@@H](C4CC4)[C@H]4OCC(=O)[C@H]43)C(C)(C)CC)cc2)CC1. The van der Waals surface area contributed by atoms with Crippen molar-refractivity contribution in [3.8, 4) is 0 Å². The first-order chi connectivity index (χ1) is 18.2. The van der Waals surface area contributed by atoms with Crippen molar-refractivity contribution in [2.45, 2.75) is 71.6 Å². The standard InChI is InChI=1S/C30H44N4O4/c1-5-13-32-14-16-33(17-15-32)22-11-9-21(10-12-22)28(36)31-27(30(3,4)6-2)29(37)34-18-23(20-7-8-20)26-25(34)24(35)19-38-26/h9-12,20,23,25-27H,5-8,13-19H2,1-4H3,(H,31,36)/t23-,25+,26+,27?/m0/s1. The average Bonchev–Trinajstić information content (AvgIpc) is 3.59. The number of fused-ring (bicyclic) bond motifs is 1. The highest BCUT2D eigenvalue weighted by Gasteiger charge is 2.57. The first kappa shape index (κ1) is 27.1. The van der Waals surface area contributed by atoms with Crippen LogP contribution in [0, 0.1) is 17.3 Å². The third-order valence-corrected chi connectivity index (χ3v) is 9.36. The molecule has 1 N–H and O–H groups in total. The molecule has 1 aromatic rings. The molecule has 8 nitrogen and oxygen atoms in total. The van der Waals surface area contributed by atoms with Crippen LogP contribution in [0.5, 0.6) is 0 Å². The van der Waals surface area contributed by atoms with Gasteiger partial charge in [0.25, 0.3) is 5.91 Å². The minimum atomic E-state index is -0.724. The topological polar surface area (TPSA) is 82.2 Å². The number of ether oxygens (including phenoxy) is 1. The molecule has 38 heavy (non-hydrogen) atoms. The highest BCUT2D eigenvalue weighted by molar-refractivity contribution is 5.99. The summed E-state index contributed by atoms with van der Waals surface area (Å²) in [6.07, 6.45) is 3.96. The fraction of sp³-hybridized carbons (Fsp3) is 0.700. The van der Waals surface area contributed by atoms with Gasteiger partial charge >= 0.3 is 0 Å². The van der Waals surface area contributed by atoms with Crippen molar-refractivity contribution >= 4 is 23.3 Å². The molecule has 0 bridgehead atoms. The Morgan fingerprint density at radius 2 is 1.76 bits per heavy atom. The fourth-order valence-corrected chi connectivity index (χ4v) is 6.41. The Hall–Kier alpha value is -2.45. The van der Waals surface area contributed by atoms with Crippen molar-refractivity contribution in [3.05, 3.63) is 29.8 Å². The van der Waals surface area contributed by atoms with E-state index in [4.69, 9.17) is 4.74 Å². The molecule has 2 amide bonds. The first-order valence-corrected chi connectivity index (χ1v) is 14.6. The van der Waals surface area contributed by atoms with Crippen LogP contribution in [0.25, 0.3) is 0 Å². The van der Waals surface area contributed by atoms with Crippen molar-refractivity contribution in [3.63, 3.8) is 0 Å². The minimum Gasteiger partial charge on any atom is -0.369 e. The summed E-state index contributed by atoms with van der Waals surface area (Å²) in [4.78, 5) is 46.8. The lowest BCUT2D eigenvalue weighted by molar-refractivity contribution is -0.140. The summed E-state index contributed by atoms with van der Waals surface area (Å²) in [5.41, 5.74) is 1.19. The van der Waals surface area contributed by atoms with Crippen molar-refractivity contribution in [1.82, 2.24) is 15.1 Å². The number of nitrogens with one attached hydrogen (secondary N) is 1. The average molecular weight is 525 g/mol. The van der Waals surface area contributed by atoms with Crippen LogP contribution in [-0.2, 0) is 14.3 Å². The van der Waals surface area contributed by atoms with Gasteiger partial charge in [-0.25, -0.2) is 0 Å². The highest BCUT2D eigenvalue weighted by Crippen LogP contribution is 2.46. The van der Waals surface area contributed by atoms with Crippen molar-refractivity contribution in [2.75, 3.05) is 50.8 Å². The summed E-state index contributed by atoms with van der Waals surface area (Å²) in [6.45, 7) is 14.1. The summed E-state index contributed by atoms with van der Waals surface area (Å²) in [6, 6.07) is 6.48. The number of benzene rings is 1. The van der Waals surface area contributed by atoms with Gasteiger partial charge < -0.3 is 19.9 Å². The summed E-state index contributed by atoms with van der Waals surface area (Å²) in [5.74, 6) is 0.313. The second kappa shape index (κ2) is 11.0. The maximum absolute atomic E-state index is 14.0. The minimum absolute atomic E-state index is 0.0167. The number of rotatable bonds is 9. The van der Waals surface area contributed by atoms with Gasteiger partial charge in [0.2, 0.25) is 5.91 Å². The number of amides is 2. The summed E-state index contributed by atoms with van der Waals surface area (Å²) < 4.78 is 5.87. The molecule has 5 rings (SSSR count). The van der Waals surface area contributed by atoms with E-state index < -0.39 is 17.5 Å². The number of anilines is 1. The zero-order valence-electron chi connectivity index (χ0n) is 23.4. The number of Topliss-reactive ketones (excluding diaryl/α,β-unsaturated/α-hetero) is 1. The van der Waals surface area contributed by atoms with Crippen molar-refractivity contribution < 1.29 is 19.1 Å². The van der Waals surface area contributed by atoms with E-state index in [9.17, 15) is 14.4 Å². The Balaban J connectivity index is 1.28. The Kier molecular flexibility index (Phi) is 7.83. The van der Waals surface area contributed by atoms with Gasteiger partial charge in [-0.1, -0.05) is 27.7 Å². The van der Waals surface area contributed by atoms with E-state index in [1.807, 2.05) is 45.0 Å². The van der Waals surface area contributed by atoms with Crippen LogP contribution in [-0.4, -0.2) is 91.5 Å². The van der Waals surface area contributed by atoms with E-state index in [1.165, 1.54) is 6.42 Å². The maximum atomic E-state index is 14.0. The maximum Gasteiger partial charge on any atom is 0.251 e. The van der Waals surface area contributed by atoms with E-state index >= 15 is 0 Å². The van der Waals surface area contributed by atoms with Crippen molar-refractivity contribution in [1.29, 1.82) is 0 Å². The monoisotopic (exact) mass is 524 g/mol. The molecular formula is C30H44N4O4. The smallest absolute Gasteiger partial charge is 0.251 e. The zero-order chi connectivity index (χ0) is 27.0. The van der Waals surface area contributed by atoms with Gasteiger partial charge in [0.1, 0.15) is 18.7 Å². The fourth-order valence-electron chi connectivity index (χ4n) is 6.41. The van der Waals surface area contributed by atoms with Gasteiger partial charge in [0.05, 0.1) is 6.10 Å². The number of carbonyl (C=O) groups is 3. The van der Waals surface area contributed by atoms with Crippen LogP contribution < -0.4 is 10.2 Å². The Morgan fingerprint density at radius 3 is 2.37 bits per heavy atom. The number of hydrogen-bond acceptors (Lipinski definition) is 6. The number of hydrogen-bond donors (Lipinski definition) is 1. The lowest BCUT2D eigenvalue weighted by Gasteiger charge is -2.37. The van der Waals surface area contributed by atoms with Gasteiger partial charge in [0.15, 0.2) is 5.78 Å². The van der Waals surface area contributed by atoms with Gasteiger partial charge in [-0.2, -0.15) is 0 Å². The third-order valence-electron chi connectivity index (χ3n) is 9.36. The number of piperazine rings is 1. The van der Waals surface area contributed by atoms with E-state index in [1.54, 1.807) is 4.90 Å². The molecule has 4 aliphatic rings. The first-order valence-electron chi connectivity index (χ1n) is 14.6. The number of carbonyl (C=O) groups excluding carboxylic acids is 3. The van der Waals surface area contributed by atoms with Crippen LogP contribution in [0.3, 0.4) is 0 Å². The van der Waals surface area contributed by atoms with Crippen molar-refractivity contribution in [2.24, 2.45) is 17.3 Å². The van der Waals surface area contributed by atoms with E-state index in [0.717, 1.165) is 51.3 Å². The normalized spacial score (nSPS) is 26.9. The van der Waals surface area contributed by atoms with Gasteiger partial charge in [-0.05, 0) is 67.8 Å². The highest BCUT2D eigenvalue weighted by atomic mass is 16.5. The number of ketones is 1. The summed E-state index contributed by atoms with van der Waals surface area (Å²) in [7, 11) is 0. The van der Waals surface area contributed by atoms with Crippen LogP contribution in [0.15, 0.2) is 24.3 Å². The van der Waals surface area contributed by atoms with E-state index in [-0.39, 0.29) is 36.2 Å². The Morgan fingerprint density at radius 1 is 1.08 bits per heavy atom. The van der Waals surface area contributed by atoms with E-state index in [2.05, 4.69) is 22.0 Å². The Labute approximate surface area is 227 Å². The predicted octanol–water partition coefficient (Wildman–Crippen LogP) is 2.96. The molecule has 1 unspecified atom stereocenters. The number of nitrogens with zero attached hydrogens (tertiary/aromatic N) is 3. The predicted molar refractivity (Wildman–Crippen MR) is 147 cm³/mol. The largest absolute Gasteiger partial charge is 0.369 e. The van der Waals surface area contributed by atoms with Crippen LogP contribution >= 0.6 is 0 Å². The second-order valence-electron chi connectivity index (χ2n) is 12.3. The molecule has 3 saturated heterocycles.